The number of thiophene rings is 1. The Morgan fingerprint density at radius 3 is 1.61 bits per heavy atom. The molecule has 0 aliphatic heterocycles. The highest BCUT2D eigenvalue weighted by Crippen LogP contribution is 2.52. The number of benzene rings is 10. The summed E-state index contributed by atoms with van der Waals surface area (Å²) in [7, 11) is 0. The van der Waals surface area contributed by atoms with Gasteiger partial charge in [-0.15, -0.1) is 11.3 Å². The molecule has 0 bridgehead atoms. The summed E-state index contributed by atoms with van der Waals surface area (Å²) in [6, 6.07) is 81.4. The molecule has 0 unspecified atom stereocenters. The summed E-state index contributed by atoms with van der Waals surface area (Å²) in [5.41, 5.74) is 16.7. The van der Waals surface area contributed by atoms with Crippen molar-refractivity contribution in [3.63, 3.8) is 0 Å². The Hall–Kier alpha value is -7.72. The molecule has 2 nitrogen and oxygen atoms in total. The van der Waals surface area contributed by atoms with Gasteiger partial charge in [0.25, 0.3) is 0 Å². The maximum Gasteiger partial charge on any atom is 0.0782 e. The maximum atomic E-state index is 2.57. The molecule has 12 aromatic rings. The van der Waals surface area contributed by atoms with Crippen molar-refractivity contribution in [2.45, 2.75) is 52.4 Å². The van der Waals surface area contributed by atoms with Crippen molar-refractivity contribution in [1.29, 1.82) is 0 Å². The molecule has 0 amide bonds. The van der Waals surface area contributed by atoms with Crippen LogP contribution in [0.15, 0.2) is 218 Å². The fourth-order valence-corrected chi connectivity index (χ4v) is 11.9. The lowest BCUT2D eigenvalue weighted by Gasteiger charge is -2.31. The first kappa shape index (κ1) is 42.6. The zero-order valence-electron chi connectivity index (χ0n) is 40.1. The maximum absolute atomic E-state index is 2.57. The molecule has 12 rings (SSSR count). The van der Waals surface area contributed by atoms with E-state index >= 15 is 0 Å². The van der Waals surface area contributed by atoms with Gasteiger partial charge in [0.05, 0.1) is 28.1 Å². The number of fused-ring (bicyclic) bond motifs is 7. The SMILES string of the molecule is CC(C)(C)c1cc(-c2cccc3cccc(-c4ccccc4N(c4ccccc4-c4cccc5c4sc4ccccc45)c4cccc5c6ccccc6n(-c6ccccc6)c45)c23)cc(C(C)(C)C)c1. The van der Waals surface area contributed by atoms with E-state index < -0.39 is 0 Å². The van der Waals surface area contributed by atoms with Crippen LogP contribution in [-0.4, -0.2) is 4.57 Å². The Morgan fingerprint density at radius 2 is 0.899 bits per heavy atom. The van der Waals surface area contributed by atoms with Gasteiger partial charge in [0.1, 0.15) is 0 Å². The second kappa shape index (κ2) is 16.5. The van der Waals surface area contributed by atoms with E-state index in [4.69, 9.17) is 0 Å². The highest BCUT2D eigenvalue weighted by Gasteiger charge is 2.28. The van der Waals surface area contributed by atoms with Gasteiger partial charge in [-0.2, -0.15) is 0 Å². The van der Waals surface area contributed by atoms with Crippen molar-refractivity contribution in [3.05, 3.63) is 230 Å². The van der Waals surface area contributed by atoms with Gasteiger partial charge in [-0.05, 0) is 91.9 Å². The number of rotatable bonds is 7. The highest BCUT2D eigenvalue weighted by molar-refractivity contribution is 7.26. The molecular formula is C66H54N2S. The van der Waals surface area contributed by atoms with Gasteiger partial charge in [0, 0.05) is 53.3 Å². The summed E-state index contributed by atoms with van der Waals surface area (Å²) in [6.45, 7) is 14.0. The van der Waals surface area contributed by atoms with E-state index in [-0.39, 0.29) is 10.8 Å². The average molecular weight is 907 g/mol. The van der Waals surface area contributed by atoms with Crippen molar-refractivity contribution >= 4 is 81.1 Å². The molecule has 0 fully saturated rings. The van der Waals surface area contributed by atoms with Gasteiger partial charge in [-0.25, -0.2) is 0 Å². The van der Waals surface area contributed by atoms with Crippen LogP contribution in [0.1, 0.15) is 52.7 Å². The Labute approximate surface area is 409 Å². The Balaban J connectivity index is 1.19. The van der Waals surface area contributed by atoms with Crippen molar-refractivity contribution in [1.82, 2.24) is 4.57 Å². The summed E-state index contributed by atoms with van der Waals surface area (Å²) in [5, 5.41) is 7.48. The predicted octanol–water partition coefficient (Wildman–Crippen LogP) is 19.4. The van der Waals surface area contributed by atoms with Crippen molar-refractivity contribution in [2.75, 3.05) is 4.90 Å². The topological polar surface area (TPSA) is 8.17 Å². The molecule has 2 heterocycles. The van der Waals surface area contributed by atoms with E-state index in [0.29, 0.717) is 0 Å². The number of aromatic nitrogens is 1. The monoisotopic (exact) mass is 906 g/mol. The number of hydrogen-bond acceptors (Lipinski definition) is 2. The molecule has 0 saturated heterocycles. The fourth-order valence-electron chi connectivity index (χ4n) is 10.6. The van der Waals surface area contributed by atoms with Gasteiger partial charge >= 0.3 is 0 Å². The van der Waals surface area contributed by atoms with Gasteiger partial charge in [-0.3, -0.25) is 0 Å². The van der Waals surface area contributed by atoms with Crippen LogP contribution >= 0.6 is 11.3 Å². The van der Waals surface area contributed by atoms with Gasteiger partial charge in [0.15, 0.2) is 0 Å². The lowest BCUT2D eigenvalue weighted by Crippen LogP contribution is -2.16. The molecular weight excluding hydrogens is 853 g/mol. The van der Waals surface area contributed by atoms with Crippen LogP contribution in [0.3, 0.4) is 0 Å². The first-order valence-corrected chi connectivity index (χ1v) is 25.0. The number of anilines is 3. The third kappa shape index (κ3) is 7.23. The smallest absolute Gasteiger partial charge is 0.0782 e. The summed E-state index contributed by atoms with van der Waals surface area (Å²) in [5.74, 6) is 0. The molecule has 0 spiro atoms. The van der Waals surface area contributed by atoms with Crippen LogP contribution in [0, 0.1) is 0 Å². The van der Waals surface area contributed by atoms with E-state index in [9.17, 15) is 0 Å². The van der Waals surface area contributed by atoms with Crippen LogP contribution < -0.4 is 4.90 Å². The minimum Gasteiger partial charge on any atom is -0.307 e. The number of hydrogen-bond donors (Lipinski definition) is 0. The Bertz CT molecular complexity index is 3890. The molecule has 0 radical (unpaired) electrons. The van der Waals surface area contributed by atoms with Gasteiger partial charge < -0.3 is 9.47 Å². The van der Waals surface area contributed by atoms with E-state index in [1.807, 2.05) is 11.3 Å². The Morgan fingerprint density at radius 1 is 0.391 bits per heavy atom. The minimum atomic E-state index is -0.0205. The first-order chi connectivity index (χ1) is 33.5. The zero-order chi connectivity index (χ0) is 47.0. The van der Waals surface area contributed by atoms with Crippen LogP contribution in [0.4, 0.5) is 17.1 Å². The van der Waals surface area contributed by atoms with Crippen LogP contribution in [0.2, 0.25) is 0 Å². The third-order valence-electron chi connectivity index (χ3n) is 14.1. The summed E-state index contributed by atoms with van der Waals surface area (Å²) in [4.78, 5) is 2.57. The van der Waals surface area contributed by atoms with Gasteiger partial charge in [-0.1, -0.05) is 217 Å². The van der Waals surface area contributed by atoms with E-state index in [1.54, 1.807) is 0 Å². The van der Waals surface area contributed by atoms with Crippen LogP contribution in [0.25, 0.3) is 91.8 Å². The highest BCUT2D eigenvalue weighted by atomic mass is 32.1. The normalized spacial score (nSPS) is 12.2. The van der Waals surface area contributed by atoms with E-state index in [1.165, 1.54) is 86.2 Å². The molecule has 69 heavy (non-hydrogen) atoms. The number of nitrogens with zero attached hydrogens (tertiary/aromatic N) is 2. The molecule has 0 N–H and O–H groups in total. The molecule has 0 aliphatic rings. The molecule has 334 valence electrons. The minimum absolute atomic E-state index is 0.0205. The van der Waals surface area contributed by atoms with Crippen LogP contribution in [-0.2, 0) is 10.8 Å². The van der Waals surface area contributed by atoms with Gasteiger partial charge in [0.2, 0.25) is 0 Å². The van der Waals surface area contributed by atoms with Crippen molar-refractivity contribution in [2.24, 2.45) is 0 Å². The molecule has 0 atom stereocenters. The third-order valence-corrected chi connectivity index (χ3v) is 15.3. The summed E-state index contributed by atoms with van der Waals surface area (Å²) in [6.07, 6.45) is 0. The second-order valence-electron chi connectivity index (χ2n) is 20.5. The predicted molar refractivity (Wildman–Crippen MR) is 300 cm³/mol. The largest absolute Gasteiger partial charge is 0.307 e. The molecule has 3 heteroatoms. The lowest BCUT2D eigenvalue weighted by atomic mass is 9.78. The number of para-hydroxylation sites is 5. The second-order valence-corrected chi connectivity index (χ2v) is 21.6. The molecule has 0 aliphatic carbocycles. The first-order valence-electron chi connectivity index (χ1n) is 24.2. The summed E-state index contributed by atoms with van der Waals surface area (Å²) < 4.78 is 5.06. The zero-order valence-corrected chi connectivity index (χ0v) is 40.9. The van der Waals surface area contributed by atoms with Crippen LogP contribution in [0.5, 0.6) is 0 Å². The summed E-state index contributed by atoms with van der Waals surface area (Å²) >= 11 is 1.88. The standard InChI is InChI=1S/C66H54N2S/c1-65(2,3)45-40-44(41-46(42-45)66(4,5)6)48-30-18-22-43-23-19-31-53(62(43)48)49-26-10-15-36-58(49)68(59-37-16-12-28-51(59)55-33-20-34-56-52-29-13-17-39-61(52)69-64(55)56)60-38-21-32-54-50-27-11-14-35-57(50)67(63(54)60)47-24-8-7-9-25-47/h7-42H,1-6H3. The Kier molecular flexibility index (Phi) is 10.2. The fraction of sp³-hybridized carbons (Fsp3) is 0.121. The lowest BCUT2D eigenvalue weighted by molar-refractivity contribution is 0.569. The van der Waals surface area contributed by atoms with E-state index in [0.717, 1.165) is 33.8 Å². The van der Waals surface area contributed by atoms with E-state index in [2.05, 4.69) is 269 Å². The molecule has 0 saturated carbocycles. The van der Waals surface area contributed by atoms with Crippen molar-refractivity contribution in [3.8, 4) is 39.1 Å². The quantitative estimate of drug-likeness (QED) is 0.155. The van der Waals surface area contributed by atoms with Crippen molar-refractivity contribution < 1.29 is 0 Å². The average Bonchev–Trinajstić information content (AvgIpc) is 3.93. The molecule has 10 aromatic carbocycles. The molecule has 2 aromatic heterocycles.